The van der Waals surface area contributed by atoms with Crippen molar-refractivity contribution in [1.29, 1.82) is 0 Å². The van der Waals surface area contributed by atoms with E-state index in [2.05, 4.69) is 14.9 Å². The Bertz CT molecular complexity index is 789. The topological polar surface area (TPSA) is 115 Å². The Labute approximate surface area is 130 Å². The van der Waals surface area contributed by atoms with Crippen LogP contribution in [0, 0.1) is 0 Å². The molecule has 0 aliphatic rings. The molecule has 112 valence electrons. The van der Waals surface area contributed by atoms with E-state index in [9.17, 15) is 13.2 Å². The van der Waals surface area contributed by atoms with Crippen molar-refractivity contribution in [2.75, 3.05) is 5.32 Å². The first kappa shape index (κ1) is 15.8. The Morgan fingerprint density at radius 3 is 2.81 bits per heavy atom. The predicted octanol–water partition coefficient (Wildman–Crippen LogP) is 1.65. The van der Waals surface area contributed by atoms with Crippen molar-refractivity contribution in [2.45, 2.75) is 18.2 Å². The van der Waals surface area contributed by atoms with Crippen molar-refractivity contribution in [3.05, 3.63) is 33.8 Å². The summed E-state index contributed by atoms with van der Waals surface area (Å²) in [7, 11) is -3.88. The van der Waals surface area contributed by atoms with Crippen LogP contribution in [0.1, 0.15) is 22.3 Å². The van der Waals surface area contributed by atoms with Gasteiger partial charge in [0.05, 0.1) is 21.3 Å². The summed E-state index contributed by atoms with van der Waals surface area (Å²) in [6.45, 7) is 1.85. The summed E-state index contributed by atoms with van der Waals surface area (Å²) in [4.78, 5) is 12.4. The molecule has 0 saturated carbocycles. The number of carbonyl (C=O) groups excluding carboxylic acids is 1. The molecule has 0 radical (unpaired) electrons. The van der Waals surface area contributed by atoms with Crippen LogP contribution in [0.3, 0.4) is 0 Å². The number of rotatable bonds is 4. The van der Waals surface area contributed by atoms with Crippen LogP contribution in [0.4, 0.5) is 5.69 Å². The van der Waals surface area contributed by atoms with E-state index in [1.54, 1.807) is 0 Å². The van der Waals surface area contributed by atoms with Crippen LogP contribution in [-0.4, -0.2) is 23.9 Å². The summed E-state index contributed by atoms with van der Waals surface area (Å²) < 4.78 is 26.3. The number of nitrogens with two attached hydrogens (primary N) is 1. The number of aromatic nitrogens is 2. The molecule has 0 aliphatic heterocycles. The highest BCUT2D eigenvalue weighted by Crippen LogP contribution is 2.26. The Balaban J connectivity index is 2.33. The van der Waals surface area contributed by atoms with Gasteiger partial charge in [-0.2, -0.15) is 0 Å². The highest BCUT2D eigenvalue weighted by atomic mass is 35.5. The summed E-state index contributed by atoms with van der Waals surface area (Å²) in [5, 5.41) is 11.6. The van der Waals surface area contributed by atoms with Gasteiger partial charge in [-0.1, -0.05) is 23.0 Å². The minimum absolute atomic E-state index is 0.139. The summed E-state index contributed by atoms with van der Waals surface area (Å²) in [5.41, 5.74) is 0.722. The maximum absolute atomic E-state index is 12.1. The van der Waals surface area contributed by atoms with Crippen LogP contribution in [0.25, 0.3) is 0 Å². The molecular formula is C11H11ClN4O3S2. The van der Waals surface area contributed by atoms with Gasteiger partial charge in [-0.25, -0.2) is 13.6 Å². The molecule has 0 bridgehead atoms. The maximum atomic E-state index is 12.1. The molecule has 0 fully saturated rings. The first-order chi connectivity index (χ1) is 9.82. The molecule has 1 aromatic heterocycles. The third kappa shape index (κ3) is 3.56. The normalized spacial score (nSPS) is 11.4. The monoisotopic (exact) mass is 346 g/mol. The molecule has 0 atom stereocenters. The first-order valence-electron chi connectivity index (χ1n) is 5.78. The highest BCUT2D eigenvalue weighted by Gasteiger charge is 2.17. The van der Waals surface area contributed by atoms with Crippen molar-refractivity contribution >= 4 is 44.8 Å². The number of nitrogens with zero attached hydrogens (tertiary/aromatic N) is 2. The number of hydrogen-bond acceptors (Lipinski definition) is 6. The molecule has 2 aromatic rings. The van der Waals surface area contributed by atoms with Gasteiger partial charge in [-0.15, -0.1) is 5.10 Å². The van der Waals surface area contributed by atoms with Crippen molar-refractivity contribution in [3.8, 4) is 0 Å². The van der Waals surface area contributed by atoms with Gasteiger partial charge in [0, 0.05) is 0 Å². The SMILES string of the molecule is CCc1nnsc1C(=O)Nc1cc(S(N)(=O)=O)ccc1Cl. The van der Waals surface area contributed by atoms with Crippen LogP contribution in [0.15, 0.2) is 23.1 Å². The van der Waals surface area contributed by atoms with Gasteiger partial charge in [0.15, 0.2) is 0 Å². The lowest BCUT2D eigenvalue weighted by Crippen LogP contribution is -2.15. The minimum atomic E-state index is -3.88. The molecular weight excluding hydrogens is 336 g/mol. The molecule has 0 saturated heterocycles. The Hall–Kier alpha value is -1.55. The van der Waals surface area contributed by atoms with Crippen LogP contribution in [-0.2, 0) is 16.4 Å². The number of amides is 1. The number of primary sulfonamides is 1. The standard InChI is InChI=1S/C11H11ClN4O3S2/c1-2-8-10(20-16-15-8)11(17)14-9-5-6(21(13,18)19)3-4-7(9)12/h3-5H,2H2,1H3,(H,14,17)(H2,13,18,19). The number of aryl methyl sites for hydroxylation is 1. The number of carbonyl (C=O) groups is 1. The number of hydrogen-bond donors (Lipinski definition) is 2. The molecule has 0 spiro atoms. The second kappa shape index (κ2) is 6.06. The molecule has 1 amide bonds. The molecule has 7 nitrogen and oxygen atoms in total. The average Bonchev–Trinajstić information content (AvgIpc) is 2.88. The quantitative estimate of drug-likeness (QED) is 0.873. The second-order valence-electron chi connectivity index (χ2n) is 4.04. The lowest BCUT2D eigenvalue weighted by Gasteiger charge is -2.08. The van der Waals surface area contributed by atoms with E-state index in [4.69, 9.17) is 16.7 Å². The molecule has 0 unspecified atom stereocenters. The van der Waals surface area contributed by atoms with Crippen molar-refractivity contribution in [1.82, 2.24) is 9.59 Å². The van der Waals surface area contributed by atoms with E-state index < -0.39 is 15.9 Å². The van der Waals surface area contributed by atoms with E-state index in [0.29, 0.717) is 17.0 Å². The van der Waals surface area contributed by atoms with E-state index in [0.717, 1.165) is 11.5 Å². The summed E-state index contributed by atoms with van der Waals surface area (Å²) in [5.74, 6) is -0.449. The molecule has 0 aliphatic carbocycles. The zero-order valence-electron chi connectivity index (χ0n) is 10.8. The lowest BCUT2D eigenvalue weighted by molar-refractivity contribution is 0.102. The van der Waals surface area contributed by atoms with Crippen LogP contribution < -0.4 is 10.5 Å². The van der Waals surface area contributed by atoms with Gasteiger partial charge in [0.1, 0.15) is 4.88 Å². The van der Waals surface area contributed by atoms with Gasteiger partial charge in [0.25, 0.3) is 5.91 Å². The first-order valence-corrected chi connectivity index (χ1v) is 8.47. The summed E-state index contributed by atoms with van der Waals surface area (Å²) in [6.07, 6.45) is 0.560. The fourth-order valence-corrected chi connectivity index (χ4v) is 2.92. The zero-order chi connectivity index (χ0) is 15.6. The number of benzene rings is 1. The minimum Gasteiger partial charge on any atom is -0.320 e. The largest absolute Gasteiger partial charge is 0.320 e. The third-order valence-electron chi connectivity index (χ3n) is 2.61. The Morgan fingerprint density at radius 2 is 2.19 bits per heavy atom. The zero-order valence-corrected chi connectivity index (χ0v) is 13.2. The van der Waals surface area contributed by atoms with E-state index in [1.807, 2.05) is 6.92 Å². The fraction of sp³-hybridized carbons (Fsp3) is 0.182. The molecule has 21 heavy (non-hydrogen) atoms. The second-order valence-corrected chi connectivity index (χ2v) is 6.77. The number of anilines is 1. The van der Waals surface area contributed by atoms with Gasteiger partial charge >= 0.3 is 0 Å². The smallest absolute Gasteiger partial charge is 0.269 e. The summed E-state index contributed by atoms with van der Waals surface area (Å²) >= 11 is 6.91. The molecule has 1 heterocycles. The third-order valence-corrected chi connectivity index (χ3v) is 4.62. The molecule has 3 N–H and O–H groups in total. The average molecular weight is 347 g/mol. The van der Waals surface area contributed by atoms with Crippen molar-refractivity contribution < 1.29 is 13.2 Å². The Kier molecular flexibility index (Phi) is 4.57. The fourth-order valence-electron chi connectivity index (χ4n) is 1.57. The summed E-state index contributed by atoms with van der Waals surface area (Å²) in [6, 6.07) is 3.82. The van der Waals surface area contributed by atoms with Gasteiger partial charge in [-0.3, -0.25) is 4.79 Å². The Morgan fingerprint density at radius 1 is 1.48 bits per heavy atom. The van der Waals surface area contributed by atoms with Gasteiger partial charge in [0.2, 0.25) is 10.0 Å². The maximum Gasteiger partial charge on any atom is 0.269 e. The number of sulfonamides is 1. The lowest BCUT2D eigenvalue weighted by atomic mass is 10.2. The number of halogens is 1. The van der Waals surface area contributed by atoms with Crippen LogP contribution >= 0.6 is 23.1 Å². The molecule has 2 rings (SSSR count). The number of nitrogens with one attached hydrogen (secondary N) is 1. The van der Waals surface area contributed by atoms with Gasteiger partial charge in [-0.05, 0) is 36.2 Å². The van der Waals surface area contributed by atoms with Gasteiger partial charge < -0.3 is 5.32 Å². The van der Waals surface area contributed by atoms with E-state index in [1.165, 1.54) is 18.2 Å². The van der Waals surface area contributed by atoms with E-state index >= 15 is 0 Å². The molecule has 10 heteroatoms. The van der Waals surface area contributed by atoms with Crippen molar-refractivity contribution in [2.24, 2.45) is 5.14 Å². The highest BCUT2D eigenvalue weighted by molar-refractivity contribution is 7.89. The van der Waals surface area contributed by atoms with Crippen LogP contribution in [0.2, 0.25) is 5.02 Å². The predicted molar refractivity (Wildman–Crippen MR) is 80.1 cm³/mol. The van der Waals surface area contributed by atoms with Crippen LogP contribution in [0.5, 0.6) is 0 Å². The molecule has 1 aromatic carbocycles. The van der Waals surface area contributed by atoms with E-state index in [-0.39, 0.29) is 15.6 Å². The van der Waals surface area contributed by atoms with Crippen molar-refractivity contribution in [3.63, 3.8) is 0 Å².